The van der Waals surface area contributed by atoms with Gasteiger partial charge in [-0.3, -0.25) is 0 Å². The van der Waals surface area contributed by atoms with E-state index in [-0.39, 0.29) is 0 Å². The summed E-state index contributed by atoms with van der Waals surface area (Å²) >= 11 is 0. The molecule has 1 aromatic rings. The van der Waals surface area contributed by atoms with Crippen LogP contribution in [0.2, 0.25) is 0 Å². The predicted molar refractivity (Wildman–Crippen MR) is 67.9 cm³/mol. The molecule has 0 aliphatic carbocycles. The first-order valence-corrected chi connectivity index (χ1v) is 5.33. The molecule has 0 unspecified atom stereocenters. The minimum atomic E-state index is 0.295. The number of aryl methyl sites for hydroxylation is 1. The van der Waals surface area contributed by atoms with Gasteiger partial charge in [0.2, 0.25) is 0 Å². The number of aliphatic hydroxyl groups is 1. The highest BCUT2D eigenvalue weighted by Crippen LogP contribution is 2.09. The number of aliphatic hydroxyl groups excluding tert-OH is 1. The molecule has 0 fully saturated rings. The lowest BCUT2D eigenvalue weighted by atomic mass is 10.1. The highest BCUT2D eigenvalue weighted by molar-refractivity contribution is 5.55. The molecule has 0 aromatic heterocycles. The smallest absolute Gasteiger partial charge is 0.111 e. The van der Waals surface area contributed by atoms with Crippen LogP contribution in [0.1, 0.15) is 31.9 Å². The molecule has 0 saturated heterocycles. The summed E-state index contributed by atoms with van der Waals surface area (Å²) in [6, 6.07) is 8.06. The molecule has 0 radical (unpaired) electrons. The van der Waals surface area contributed by atoms with E-state index in [4.69, 9.17) is 0 Å². The molecule has 1 nitrogen and oxygen atoms in total. The molecule has 1 N–H and O–H groups in total. The van der Waals surface area contributed by atoms with E-state index in [1.807, 2.05) is 51.1 Å². The van der Waals surface area contributed by atoms with Gasteiger partial charge < -0.3 is 5.11 Å². The van der Waals surface area contributed by atoms with Crippen LogP contribution in [0.5, 0.6) is 0 Å². The molecule has 1 heteroatoms. The lowest BCUT2D eigenvalue weighted by molar-refractivity contribution is 0.432. The van der Waals surface area contributed by atoms with Gasteiger partial charge in [0.25, 0.3) is 0 Å². The van der Waals surface area contributed by atoms with Crippen LogP contribution in [0.15, 0.2) is 42.2 Å². The maximum atomic E-state index is 9.18. The maximum absolute atomic E-state index is 9.18. The summed E-state index contributed by atoms with van der Waals surface area (Å²) in [6.45, 7) is 7.85. The van der Waals surface area contributed by atoms with Crippen molar-refractivity contribution >= 4 is 6.08 Å². The second-order valence-electron chi connectivity index (χ2n) is 2.90. The Labute approximate surface area is 92.8 Å². The highest BCUT2D eigenvalue weighted by Gasteiger charge is 1.90. The van der Waals surface area contributed by atoms with Crippen molar-refractivity contribution in [1.29, 1.82) is 0 Å². The molecular formula is C14H20O. The zero-order valence-corrected chi connectivity index (χ0v) is 9.99. The molecule has 0 atom stereocenters. The minimum absolute atomic E-state index is 0.295. The first-order valence-electron chi connectivity index (χ1n) is 5.33. The zero-order valence-electron chi connectivity index (χ0n) is 9.99. The van der Waals surface area contributed by atoms with Crippen LogP contribution in [0.4, 0.5) is 0 Å². The number of rotatable bonds is 2. The van der Waals surface area contributed by atoms with Crippen molar-refractivity contribution in [2.75, 3.05) is 0 Å². The summed E-state index contributed by atoms with van der Waals surface area (Å²) in [5.41, 5.74) is 2.35. The Kier molecular flexibility index (Phi) is 7.08. The van der Waals surface area contributed by atoms with Crippen LogP contribution >= 0.6 is 0 Å². The van der Waals surface area contributed by atoms with E-state index in [1.54, 1.807) is 19.1 Å². The molecule has 0 heterocycles. The van der Waals surface area contributed by atoms with Crippen LogP contribution in [0.25, 0.3) is 6.08 Å². The highest BCUT2D eigenvalue weighted by atomic mass is 16.3. The largest absolute Gasteiger partial charge is 0.508 e. The molecule has 0 aliphatic heterocycles. The zero-order chi connectivity index (χ0) is 11.7. The van der Waals surface area contributed by atoms with Gasteiger partial charge in [-0.15, -0.1) is 0 Å². The Hall–Kier alpha value is -1.50. The van der Waals surface area contributed by atoms with E-state index < -0.39 is 0 Å². The van der Waals surface area contributed by atoms with Gasteiger partial charge in [-0.1, -0.05) is 44.2 Å². The number of benzene rings is 1. The molecular weight excluding hydrogens is 184 g/mol. The Morgan fingerprint density at radius 1 is 1.20 bits per heavy atom. The molecule has 1 aromatic carbocycles. The van der Waals surface area contributed by atoms with E-state index in [2.05, 4.69) is 0 Å². The second kappa shape index (κ2) is 7.86. The van der Waals surface area contributed by atoms with E-state index in [0.29, 0.717) is 5.76 Å². The lowest BCUT2D eigenvalue weighted by Gasteiger charge is -1.97. The molecule has 0 aliphatic rings. The third kappa shape index (κ3) is 5.06. The van der Waals surface area contributed by atoms with Crippen molar-refractivity contribution in [3.63, 3.8) is 0 Å². The van der Waals surface area contributed by atoms with Crippen molar-refractivity contribution in [3.05, 3.63) is 53.3 Å². The number of hydrogen-bond donors (Lipinski definition) is 1. The second-order valence-corrected chi connectivity index (χ2v) is 2.90. The van der Waals surface area contributed by atoms with Gasteiger partial charge in [0.15, 0.2) is 0 Å². The summed E-state index contributed by atoms with van der Waals surface area (Å²) in [4.78, 5) is 0. The van der Waals surface area contributed by atoms with Crippen LogP contribution in [0, 0.1) is 6.92 Å². The van der Waals surface area contributed by atoms with E-state index in [9.17, 15) is 5.11 Å². The monoisotopic (exact) mass is 204 g/mol. The van der Waals surface area contributed by atoms with Crippen LogP contribution in [-0.4, -0.2) is 5.11 Å². The Morgan fingerprint density at radius 2 is 1.80 bits per heavy atom. The summed E-state index contributed by atoms with van der Waals surface area (Å²) < 4.78 is 0. The first kappa shape index (κ1) is 13.5. The quantitative estimate of drug-likeness (QED) is 0.555. The summed E-state index contributed by atoms with van der Waals surface area (Å²) in [7, 11) is 0. The Bertz CT molecular complexity index is 335. The van der Waals surface area contributed by atoms with E-state index in [1.165, 1.54) is 5.56 Å². The molecule has 0 amide bonds. The van der Waals surface area contributed by atoms with Crippen molar-refractivity contribution in [3.8, 4) is 0 Å². The van der Waals surface area contributed by atoms with Crippen molar-refractivity contribution in [1.82, 2.24) is 0 Å². The lowest BCUT2D eigenvalue weighted by Crippen LogP contribution is -1.78. The Morgan fingerprint density at radius 3 is 2.33 bits per heavy atom. The molecule has 0 spiro atoms. The predicted octanol–water partition coefficient (Wildman–Crippen LogP) is 4.50. The number of allylic oxidation sites excluding steroid dienone is 2. The van der Waals surface area contributed by atoms with Gasteiger partial charge in [-0.2, -0.15) is 0 Å². The van der Waals surface area contributed by atoms with Gasteiger partial charge in [0, 0.05) is 0 Å². The first-order chi connectivity index (χ1) is 7.24. The van der Waals surface area contributed by atoms with E-state index >= 15 is 0 Å². The Balaban J connectivity index is 0.000000921. The molecule has 82 valence electrons. The fourth-order valence-electron chi connectivity index (χ4n) is 1.05. The summed E-state index contributed by atoms with van der Waals surface area (Å²) in [5.74, 6) is 0.295. The minimum Gasteiger partial charge on any atom is -0.508 e. The maximum Gasteiger partial charge on any atom is 0.111 e. The summed E-state index contributed by atoms with van der Waals surface area (Å²) in [6.07, 6.45) is 5.27. The molecule has 0 saturated carbocycles. The fraction of sp³-hybridized carbons (Fsp3) is 0.286. The summed E-state index contributed by atoms with van der Waals surface area (Å²) in [5, 5.41) is 9.18. The van der Waals surface area contributed by atoms with Crippen molar-refractivity contribution in [2.45, 2.75) is 27.7 Å². The average Bonchev–Trinajstić information content (AvgIpc) is 2.30. The van der Waals surface area contributed by atoms with Gasteiger partial charge in [-0.05, 0) is 37.1 Å². The number of hydrogen-bond acceptors (Lipinski definition) is 1. The fourth-order valence-corrected chi connectivity index (χ4v) is 1.05. The SMILES string of the molecule is C/C=C(O)/C=C\c1ccccc1C.CC. The average molecular weight is 204 g/mol. The topological polar surface area (TPSA) is 20.2 Å². The van der Waals surface area contributed by atoms with Gasteiger partial charge in [0.05, 0.1) is 0 Å². The van der Waals surface area contributed by atoms with Gasteiger partial charge in [-0.25, -0.2) is 0 Å². The standard InChI is InChI=1S/C12H14O.C2H6/c1-3-12(13)9-8-11-7-5-4-6-10(11)2;1-2/h3-9,13H,1-2H3;1-2H3/b9-8-,12-3-;. The van der Waals surface area contributed by atoms with E-state index in [0.717, 1.165) is 5.56 Å². The third-order valence-electron chi connectivity index (χ3n) is 1.92. The molecule has 15 heavy (non-hydrogen) atoms. The van der Waals surface area contributed by atoms with Crippen molar-refractivity contribution in [2.24, 2.45) is 0 Å². The molecule has 1 rings (SSSR count). The van der Waals surface area contributed by atoms with Gasteiger partial charge >= 0.3 is 0 Å². The van der Waals surface area contributed by atoms with Crippen LogP contribution < -0.4 is 0 Å². The van der Waals surface area contributed by atoms with Crippen molar-refractivity contribution < 1.29 is 5.11 Å². The van der Waals surface area contributed by atoms with Crippen LogP contribution in [0.3, 0.4) is 0 Å². The van der Waals surface area contributed by atoms with Crippen LogP contribution in [-0.2, 0) is 0 Å². The van der Waals surface area contributed by atoms with Gasteiger partial charge in [0.1, 0.15) is 5.76 Å². The molecule has 0 bridgehead atoms. The normalized spacial score (nSPS) is 11.1. The third-order valence-corrected chi connectivity index (χ3v) is 1.92.